The van der Waals surface area contributed by atoms with Crippen LogP contribution in [0.2, 0.25) is 5.02 Å². The molecule has 0 radical (unpaired) electrons. The zero-order chi connectivity index (χ0) is 13.8. The molecule has 4 heteroatoms. The molecule has 0 unspecified atom stereocenters. The van der Waals surface area contributed by atoms with Gasteiger partial charge < -0.3 is 5.32 Å². The SMILES string of the molecule is CCCNc1nc(C)nc(-c2ccc(Cl)cc2)c1C. The molecule has 1 heterocycles. The number of nitrogens with zero attached hydrogens (tertiary/aromatic N) is 2. The fourth-order valence-electron chi connectivity index (χ4n) is 1.93. The normalized spacial score (nSPS) is 10.5. The molecule has 0 amide bonds. The van der Waals surface area contributed by atoms with E-state index in [1.165, 1.54) is 0 Å². The topological polar surface area (TPSA) is 37.8 Å². The molecule has 1 N–H and O–H groups in total. The van der Waals surface area contributed by atoms with Gasteiger partial charge in [0.25, 0.3) is 0 Å². The van der Waals surface area contributed by atoms with Gasteiger partial charge in [0.15, 0.2) is 0 Å². The first-order chi connectivity index (χ1) is 9.11. The van der Waals surface area contributed by atoms with Gasteiger partial charge >= 0.3 is 0 Å². The molecular formula is C15H18ClN3. The summed E-state index contributed by atoms with van der Waals surface area (Å²) in [6.45, 7) is 7.01. The summed E-state index contributed by atoms with van der Waals surface area (Å²) in [5, 5.41) is 4.08. The van der Waals surface area contributed by atoms with Gasteiger partial charge in [0.2, 0.25) is 0 Å². The molecule has 0 spiro atoms. The van der Waals surface area contributed by atoms with E-state index >= 15 is 0 Å². The first kappa shape index (κ1) is 13.8. The number of nitrogens with one attached hydrogen (secondary N) is 1. The number of hydrogen-bond donors (Lipinski definition) is 1. The van der Waals surface area contributed by atoms with E-state index in [4.69, 9.17) is 11.6 Å². The molecule has 0 aliphatic carbocycles. The van der Waals surface area contributed by atoms with Gasteiger partial charge in [0.1, 0.15) is 11.6 Å². The zero-order valence-electron chi connectivity index (χ0n) is 11.5. The lowest BCUT2D eigenvalue weighted by atomic mass is 10.1. The summed E-state index contributed by atoms with van der Waals surface area (Å²) < 4.78 is 0. The Kier molecular flexibility index (Phi) is 4.38. The van der Waals surface area contributed by atoms with Gasteiger partial charge in [-0.25, -0.2) is 9.97 Å². The quantitative estimate of drug-likeness (QED) is 0.907. The smallest absolute Gasteiger partial charge is 0.133 e. The second kappa shape index (κ2) is 6.02. The summed E-state index contributed by atoms with van der Waals surface area (Å²) in [5.74, 6) is 1.69. The second-order valence-corrected chi connectivity index (χ2v) is 4.96. The van der Waals surface area contributed by atoms with Crippen LogP contribution in [-0.2, 0) is 0 Å². The highest BCUT2D eigenvalue weighted by atomic mass is 35.5. The number of halogens is 1. The first-order valence-corrected chi connectivity index (χ1v) is 6.84. The van der Waals surface area contributed by atoms with Crippen LogP contribution >= 0.6 is 11.6 Å². The van der Waals surface area contributed by atoms with Gasteiger partial charge in [-0.05, 0) is 32.4 Å². The van der Waals surface area contributed by atoms with Crippen LogP contribution in [0.25, 0.3) is 11.3 Å². The van der Waals surface area contributed by atoms with Gasteiger partial charge in [0.05, 0.1) is 5.69 Å². The number of aryl methyl sites for hydroxylation is 1. The zero-order valence-corrected chi connectivity index (χ0v) is 12.3. The standard InChI is InChI=1S/C15H18ClN3/c1-4-9-17-15-10(2)14(18-11(3)19-15)12-5-7-13(16)8-6-12/h5-8H,4,9H2,1-3H3,(H,17,18,19). The Morgan fingerprint density at radius 1 is 1.11 bits per heavy atom. The third-order valence-electron chi connectivity index (χ3n) is 2.92. The van der Waals surface area contributed by atoms with Crippen LogP contribution < -0.4 is 5.32 Å². The van der Waals surface area contributed by atoms with E-state index in [1.807, 2.05) is 38.1 Å². The van der Waals surface area contributed by atoms with Gasteiger partial charge in [0, 0.05) is 22.7 Å². The van der Waals surface area contributed by atoms with Crippen LogP contribution in [0.4, 0.5) is 5.82 Å². The Hall–Kier alpha value is -1.61. The van der Waals surface area contributed by atoms with Crippen LogP contribution in [0, 0.1) is 13.8 Å². The molecule has 1 aromatic heterocycles. The molecule has 0 bridgehead atoms. The summed E-state index contributed by atoms with van der Waals surface area (Å²) in [6.07, 6.45) is 1.07. The van der Waals surface area contributed by atoms with Gasteiger partial charge in [-0.2, -0.15) is 0 Å². The maximum atomic E-state index is 5.92. The third-order valence-corrected chi connectivity index (χ3v) is 3.17. The lowest BCUT2D eigenvalue weighted by Crippen LogP contribution is -2.07. The number of aromatic nitrogens is 2. The van der Waals surface area contributed by atoms with Crippen molar-refractivity contribution >= 4 is 17.4 Å². The monoisotopic (exact) mass is 275 g/mol. The van der Waals surface area contributed by atoms with E-state index in [0.717, 1.165) is 46.5 Å². The van der Waals surface area contributed by atoms with Crippen molar-refractivity contribution in [2.75, 3.05) is 11.9 Å². The highest BCUT2D eigenvalue weighted by molar-refractivity contribution is 6.30. The Balaban J connectivity index is 2.45. The number of hydrogen-bond acceptors (Lipinski definition) is 3. The largest absolute Gasteiger partial charge is 0.370 e. The van der Waals surface area contributed by atoms with Crippen molar-refractivity contribution in [1.29, 1.82) is 0 Å². The van der Waals surface area contributed by atoms with Crippen molar-refractivity contribution in [3.05, 3.63) is 40.7 Å². The second-order valence-electron chi connectivity index (χ2n) is 4.53. The molecule has 100 valence electrons. The lowest BCUT2D eigenvalue weighted by Gasteiger charge is -2.12. The average molecular weight is 276 g/mol. The Morgan fingerprint density at radius 3 is 2.42 bits per heavy atom. The summed E-state index contributed by atoms with van der Waals surface area (Å²) >= 11 is 5.92. The lowest BCUT2D eigenvalue weighted by molar-refractivity contribution is 0.948. The molecular weight excluding hydrogens is 258 g/mol. The maximum Gasteiger partial charge on any atom is 0.133 e. The van der Waals surface area contributed by atoms with Crippen molar-refractivity contribution in [2.45, 2.75) is 27.2 Å². The molecule has 2 rings (SSSR count). The van der Waals surface area contributed by atoms with E-state index in [9.17, 15) is 0 Å². The fraction of sp³-hybridized carbons (Fsp3) is 0.333. The van der Waals surface area contributed by atoms with Crippen LogP contribution in [-0.4, -0.2) is 16.5 Å². The number of benzene rings is 1. The van der Waals surface area contributed by atoms with Crippen molar-refractivity contribution in [3.63, 3.8) is 0 Å². The minimum Gasteiger partial charge on any atom is -0.370 e. The maximum absolute atomic E-state index is 5.92. The molecule has 0 saturated heterocycles. The number of anilines is 1. The minimum absolute atomic E-state index is 0.733. The molecule has 0 atom stereocenters. The van der Waals surface area contributed by atoms with Crippen molar-refractivity contribution in [2.24, 2.45) is 0 Å². The molecule has 0 aliphatic rings. The van der Waals surface area contributed by atoms with Crippen LogP contribution in [0.5, 0.6) is 0 Å². The van der Waals surface area contributed by atoms with Crippen molar-refractivity contribution < 1.29 is 0 Å². The van der Waals surface area contributed by atoms with Gasteiger partial charge in [-0.3, -0.25) is 0 Å². The van der Waals surface area contributed by atoms with Crippen molar-refractivity contribution in [3.8, 4) is 11.3 Å². The van der Waals surface area contributed by atoms with E-state index in [1.54, 1.807) is 0 Å². The van der Waals surface area contributed by atoms with E-state index < -0.39 is 0 Å². The summed E-state index contributed by atoms with van der Waals surface area (Å²) in [6, 6.07) is 7.74. The predicted molar refractivity (Wildman–Crippen MR) is 80.7 cm³/mol. The van der Waals surface area contributed by atoms with Crippen LogP contribution in [0.15, 0.2) is 24.3 Å². The Morgan fingerprint density at radius 2 is 1.79 bits per heavy atom. The average Bonchev–Trinajstić information content (AvgIpc) is 2.40. The Bertz CT molecular complexity index is 564. The highest BCUT2D eigenvalue weighted by Gasteiger charge is 2.10. The minimum atomic E-state index is 0.733. The molecule has 3 nitrogen and oxygen atoms in total. The number of rotatable bonds is 4. The van der Waals surface area contributed by atoms with E-state index in [0.29, 0.717) is 0 Å². The van der Waals surface area contributed by atoms with E-state index in [2.05, 4.69) is 22.2 Å². The summed E-state index contributed by atoms with van der Waals surface area (Å²) in [7, 11) is 0. The van der Waals surface area contributed by atoms with Gasteiger partial charge in [-0.15, -0.1) is 0 Å². The summed E-state index contributed by atoms with van der Waals surface area (Å²) in [5.41, 5.74) is 3.09. The fourth-order valence-corrected chi connectivity index (χ4v) is 2.06. The molecule has 2 aromatic rings. The van der Waals surface area contributed by atoms with Crippen LogP contribution in [0.1, 0.15) is 24.7 Å². The highest BCUT2D eigenvalue weighted by Crippen LogP contribution is 2.26. The van der Waals surface area contributed by atoms with Gasteiger partial charge in [-0.1, -0.05) is 30.7 Å². The molecule has 0 aliphatic heterocycles. The third kappa shape index (κ3) is 3.24. The Labute approximate surface area is 119 Å². The molecule has 1 aromatic carbocycles. The molecule has 19 heavy (non-hydrogen) atoms. The summed E-state index contributed by atoms with van der Waals surface area (Å²) in [4.78, 5) is 9.01. The predicted octanol–water partition coefficient (Wildman–Crippen LogP) is 4.24. The first-order valence-electron chi connectivity index (χ1n) is 6.47. The van der Waals surface area contributed by atoms with Crippen molar-refractivity contribution in [1.82, 2.24) is 9.97 Å². The van der Waals surface area contributed by atoms with Crippen LogP contribution in [0.3, 0.4) is 0 Å². The van der Waals surface area contributed by atoms with E-state index in [-0.39, 0.29) is 0 Å². The molecule has 0 saturated carbocycles. The molecule has 0 fully saturated rings.